The molecule has 8 heteroatoms. The Kier molecular flexibility index (Phi) is 4.38. The van der Waals surface area contributed by atoms with Crippen molar-refractivity contribution in [3.05, 3.63) is 29.8 Å². The molecule has 1 aromatic rings. The van der Waals surface area contributed by atoms with Crippen LogP contribution in [0, 0.1) is 5.92 Å². The fraction of sp³-hybridized carbons (Fsp3) is 0.500. The smallest absolute Gasteiger partial charge is 0.385 e. The second-order valence-electron chi connectivity index (χ2n) is 6.10. The number of halogens is 3. The molecule has 24 heavy (non-hydrogen) atoms. The van der Waals surface area contributed by atoms with Gasteiger partial charge in [-0.15, -0.1) is 0 Å². The number of piperidine rings is 1. The van der Waals surface area contributed by atoms with Gasteiger partial charge >= 0.3 is 6.18 Å². The Hall–Kier alpha value is -2.25. The summed E-state index contributed by atoms with van der Waals surface area (Å²) in [5.74, 6) is -2.45. The minimum atomic E-state index is -4.48. The molecule has 0 bridgehead atoms. The highest BCUT2D eigenvalue weighted by molar-refractivity contribution is 6.01. The average molecular weight is 341 g/mol. The Morgan fingerprint density at radius 2 is 1.92 bits per heavy atom. The molecule has 0 spiro atoms. The summed E-state index contributed by atoms with van der Waals surface area (Å²) in [5, 5.41) is 7.94. The van der Waals surface area contributed by atoms with Crippen LogP contribution in [0.3, 0.4) is 0 Å². The zero-order valence-corrected chi connectivity index (χ0v) is 12.8. The van der Waals surface area contributed by atoms with Crippen LogP contribution in [0.4, 0.5) is 18.9 Å². The second kappa shape index (κ2) is 6.33. The van der Waals surface area contributed by atoms with Crippen molar-refractivity contribution in [2.24, 2.45) is 5.92 Å². The zero-order chi connectivity index (χ0) is 17.3. The van der Waals surface area contributed by atoms with E-state index in [0.29, 0.717) is 13.0 Å². The maximum absolute atomic E-state index is 12.7. The fourth-order valence-electron chi connectivity index (χ4n) is 3.20. The minimum Gasteiger partial charge on any atom is -0.385 e. The molecule has 1 aromatic carbocycles. The highest BCUT2D eigenvalue weighted by Crippen LogP contribution is 2.31. The second-order valence-corrected chi connectivity index (χ2v) is 6.10. The number of carbonyl (C=O) groups excluding carboxylic acids is 2. The number of benzene rings is 1. The van der Waals surface area contributed by atoms with Crippen LogP contribution >= 0.6 is 0 Å². The number of nitrogens with one attached hydrogen (secondary N) is 3. The maximum atomic E-state index is 12.7. The van der Waals surface area contributed by atoms with Gasteiger partial charge in [-0.3, -0.25) is 9.59 Å². The Labute approximate surface area is 137 Å². The lowest BCUT2D eigenvalue weighted by atomic mass is 9.91. The van der Waals surface area contributed by atoms with E-state index in [0.717, 1.165) is 11.3 Å². The first-order valence-electron chi connectivity index (χ1n) is 7.86. The molecule has 2 aliphatic rings. The highest BCUT2D eigenvalue weighted by atomic mass is 19.4. The Morgan fingerprint density at radius 1 is 1.17 bits per heavy atom. The van der Waals surface area contributed by atoms with Gasteiger partial charge in [0.2, 0.25) is 11.8 Å². The molecule has 3 rings (SSSR count). The molecule has 1 fully saturated rings. The van der Waals surface area contributed by atoms with Gasteiger partial charge in [-0.1, -0.05) is 18.2 Å². The van der Waals surface area contributed by atoms with Gasteiger partial charge in [-0.05, 0) is 30.9 Å². The molecule has 2 heterocycles. The van der Waals surface area contributed by atoms with Crippen LogP contribution in [0.1, 0.15) is 30.9 Å². The van der Waals surface area contributed by atoms with Crippen LogP contribution in [0.2, 0.25) is 0 Å². The van der Waals surface area contributed by atoms with Crippen molar-refractivity contribution in [1.29, 1.82) is 0 Å². The van der Waals surface area contributed by atoms with E-state index in [1.807, 2.05) is 29.6 Å². The van der Waals surface area contributed by atoms with E-state index in [1.165, 1.54) is 0 Å². The van der Waals surface area contributed by atoms with Gasteiger partial charge in [0.05, 0.1) is 6.04 Å². The number of fused-ring (bicyclic) bond motifs is 1. The monoisotopic (exact) mass is 341 g/mol. The summed E-state index contributed by atoms with van der Waals surface area (Å²) in [4.78, 5) is 24.3. The number of carbonyl (C=O) groups is 2. The fourth-order valence-corrected chi connectivity index (χ4v) is 3.20. The first-order chi connectivity index (χ1) is 11.4. The van der Waals surface area contributed by atoms with Gasteiger partial charge in [-0.2, -0.15) is 13.2 Å². The maximum Gasteiger partial charge on any atom is 0.408 e. The van der Waals surface area contributed by atoms with Crippen LogP contribution in [-0.2, 0) is 9.59 Å². The number of amides is 2. The molecule has 5 nitrogen and oxygen atoms in total. The standard InChI is InChI=1S/C16H18F3N3O2/c17-16(18,19)13-6-5-10(15(24)22-13)14(23)21-12-7-8-20-11-4-2-1-3-9(11)12/h1-4,10,12-13,20H,5-8H2,(H,21,23)(H,22,24). The predicted molar refractivity (Wildman–Crippen MR) is 81.1 cm³/mol. The van der Waals surface area contributed by atoms with E-state index >= 15 is 0 Å². The van der Waals surface area contributed by atoms with Crippen molar-refractivity contribution in [3.8, 4) is 0 Å². The summed E-state index contributed by atoms with van der Waals surface area (Å²) < 4.78 is 38.0. The predicted octanol–water partition coefficient (Wildman–Crippen LogP) is 2.12. The molecule has 2 aliphatic heterocycles. The lowest BCUT2D eigenvalue weighted by molar-refractivity contribution is -0.171. The zero-order valence-electron chi connectivity index (χ0n) is 12.8. The molecule has 3 unspecified atom stereocenters. The third-order valence-electron chi connectivity index (χ3n) is 4.49. The number of alkyl halides is 3. The molecule has 2 amide bonds. The summed E-state index contributed by atoms with van der Waals surface area (Å²) in [6.45, 7) is 0.676. The van der Waals surface area contributed by atoms with E-state index in [1.54, 1.807) is 0 Å². The van der Waals surface area contributed by atoms with Gasteiger partial charge in [-0.25, -0.2) is 0 Å². The van der Waals surface area contributed by atoms with E-state index in [9.17, 15) is 22.8 Å². The number of para-hydroxylation sites is 1. The number of hydrogen-bond donors (Lipinski definition) is 3. The Bertz CT molecular complexity index is 648. The Morgan fingerprint density at radius 3 is 2.62 bits per heavy atom. The number of rotatable bonds is 2. The van der Waals surface area contributed by atoms with Crippen molar-refractivity contribution in [1.82, 2.24) is 10.6 Å². The van der Waals surface area contributed by atoms with Crippen molar-refractivity contribution < 1.29 is 22.8 Å². The molecule has 3 atom stereocenters. The lowest BCUT2D eigenvalue weighted by Gasteiger charge is -2.32. The number of hydrogen-bond acceptors (Lipinski definition) is 3. The van der Waals surface area contributed by atoms with E-state index in [-0.39, 0.29) is 18.9 Å². The molecule has 0 aliphatic carbocycles. The highest BCUT2D eigenvalue weighted by Gasteiger charge is 2.46. The van der Waals surface area contributed by atoms with Gasteiger partial charge < -0.3 is 16.0 Å². The molecular weight excluding hydrogens is 323 g/mol. The van der Waals surface area contributed by atoms with E-state index < -0.39 is 30.0 Å². The summed E-state index contributed by atoms with van der Waals surface area (Å²) in [5.41, 5.74) is 1.83. The summed E-state index contributed by atoms with van der Waals surface area (Å²) in [7, 11) is 0. The summed E-state index contributed by atoms with van der Waals surface area (Å²) >= 11 is 0. The van der Waals surface area contributed by atoms with Gasteiger partial charge in [0.15, 0.2) is 0 Å². The van der Waals surface area contributed by atoms with E-state index in [2.05, 4.69) is 10.6 Å². The molecule has 3 N–H and O–H groups in total. The van der Waals surface area contributed by atoms with Crippen molar-refractivity contribution in [3.63, 3.8) is 0 Å². The number of anilines is 1. The molecule has 130 valence electrons. The first-order valence-corrected chi connectivity index (χ1v) is 7.86. The van der Waals surface area contributed by atoms with Crippen molar-refractivity contribution in [2.75, 3.05) is 11.9 Å². The molecule has 1 saturated heterocycles. The molecular formula is C16H18F3N3O2. The quantitative estimate of drug-likeness (QED) is 0.722. The lowest BCUT2D eigenvalue weighted by Crippen LogP contribution is -2.54. The Balaban J connectivity index is 1.65. The summed E-state index contributed by atoms with van der Waals surface area (Å²) in [6, 6.07) is 5.40. The van der Waals surface area contributed by atoms with Gasteiger partial charge in [0, 0.05) is 12.2 Å². The largest absolute Gasteiger partial charge is 0.408 e. The molecule has 0 saturated carbocycles. The normalized spacial score (nSPS) is 26.8. The van der Waals surface area contributed by atoms with Gasteiger partial charge in [0.1, 0.15) is 12.0 Å². The SMILES string of the molecule is O=C(NC1CCNc2ccccc21)C1CCC(C(F)(F)F)NC1=O. The summed E-state index contributed by atoms with van der Waals surface area (Å²) in [6.07, 6.45) is -4.21. The van der Waals surface area contributed by atoms with Crippen LogP contribution in [0.5, 0.6) is 0 Å². The van der Waals surface area contributed by atoms with Crippen molar-refractivity contribution >= 4 is 17.5 Å². The minimum absolute atomic E-state index is 0.103. The van der Waals surface area contributed by atoms with Crippen molar-refractivity contribution in [2.45, 2.75) is 37.5 Å². The third-order valence-corrected chi connectivity index (χ3v) is 4.49. The molecule has 0 radical (unpaired) electrons. The van der Waals surface area contributed by atoms with Gasteiger partial charge in [0.25, 0.3) is 0 Å². The molecule has 0 aromatic heterocycles. The topological polar surface area (TPSA) is 70.2 Å². The van der Waals surface area contributed by atoms with Crippen LogP contribution in [0.25, 0.3) is 0 Å². The van der Waals surface area contributed by atoms with Crippen LogP contribution < -0.4 is 16.0 Å². The third kappa shape index (κ3) is 3.32. The first kappa shape index (κ1) is 16.6. The average Bonchev–Trinajstić information content (AvgIpc) is 2.54. The van der Waals surface area contributed by atoms with Crippen LogP contribution in [0.15, 0.2) is 24.3 Å². The van der Waals surface area contributed by atoms with Crippen LogP contribution in [-0.4, -0.2) is 30.6 Å². The van der Waals surface area contributed by atoms with E-state index in [4.69, 9.17) is 0 Å².